The van der Waals surface area contributed by atoms with Gasteiger partial charge in [0.15, 0.2) is 0 Å². The van der Waals surface area contributed by atoms with Gasteiger partial charge in [0.2, 0.25) is 5.91 Å². The van der Waals surface area contributed by atoms with Crippen LogP contribution in [0.2, 0.25) is 0 Å². The first-order chi connectivity index (χ1) is 6.52. The molecule has 1 aromatic heterocycles. The Morgan fingerprint density at radius 1 is 1.43 bits per heavy atom. The number of likely N-dealkylation sites (N-methyl/N-ethyl adjacent to an activating group) is 1. The van der Waals surface area contributed by atoms with Gasteiger partial charge in [0, 0.05) is 14.1 Å². The van der Waals surface area contributed by atoms with Gasteiger partial charge >= 0.3 is 0 Å². The van der Waals surface area contributed by atoms with Gasteiger partial charge < -0.3 is 10.6 Å². The predicted octanol–water partition coefficient (Wildman–Crippen LogP) is 0.250. The quantitative estimate of drug-likeness (QED) is 0.732. The molecule has 0 aliphatic heterocycles. The molecule has 1 rings (SSSR count). The molecule has 0 aliphatic carbocycles. The highest BCUT2D eigenvalue weighted by Gasteiger charge is 2.18. The van der Waals surface area contributed by atoms with Crippen molar-refractivity contribution in [1.29, 1.82) is 0 Å². The molecule has 5 heteroatoms. The van der Waals surface area contributed by atoms with Crippen molar-refractivity contribution in [3.63, 3.8) is 0 Å². The monoisotopic (exact) mass is 194 g/mol. The Kier molecular flexibility index (Phi) is 3.01. The van der Waals surface area contributed by atoms with Crippen LogP contribution in [-0.2, 0) is 4.79 Å². The van der Waals surface area contributed by atoms with Gasteiger partial charge in [-0.05, 0) is 19.1 Å². The number of rotatable bonds is 2. The summed E-state index contributed by atoms with van der Waals surface area (Å²) in [5.74, 6) is 0.0837. The van der Waals surface area contributed by atoms with Crippen LogP contribution >= 0.6 is 0 Å². The van der Waals surface area contributed by atoms with Crippen molar-refractivity contribution in [1.82, 2.24) is 15.1 Å². The van der Waals surface area contributed by atoms with E-state index in [0.29, 0.717) is 11.5 Å². The molecule has 0 saturated carbocycles. The zero-order valence-electron chi connectivity index (χ0n) is 8.56. The number of nitrogens with two attached hydrogens (primary N) is 1. The number of amides is 1. The number of aromatic nitrogens is 2. The number of anilines is 1. The molecule has 14 heavy (non-hydrogen) atoms. The standard InChI is InChI=1S/C9H14N4O/c1-6(9(14)13(2)3)7-4-5-8(10)12-11-7/h4-6H,1-3H3,(H2,10,12). The Hall–Kier alpha value is -1.65. The van der Waals surface area contributed by atoms with Gasteiger partial charge in [-0.25, -0.2) is 0 Å². The lowest BCUT2D eigenvalue weighted by molar-refractivity contribution is -0.129. The van der Waals surface area contributed by atoms with Crippen LogP contribution in [0.3, 0.4) is 0 Å². The van der Waals surface area contributed by atoms with Crippen LogP contribution in [0.1, 0.15) is 18.5 Å². The summed E-state index contributed by atoms with van der Waals surface area (Å²) in [4.78, 5) is 13.1. The van der Waals surface area contributed by atoms with Gasteiger partial charge in [-0.2, -0.15) is 5.10 Å². The SMILES string of the molecule is CC(C(=O)N(C)C)c1ccc(N)nn1. The third kappa shape index (κ3) is 2.18. The Morgan fingerprint density at radius 3 is 2.50 bits per heavy atom. The lowest BCUT2D eigenvalue weighted by Gasteiger charge is -2.15. The van der Waals surface area contributed by atoms with E-state index < -0.39 is 0 Å². The molecule has 1 amide bonds. The first kappa shape index (κ1) is 10.4. The van der Waals surface area contributed by atoms with Crippen LogP contribution < -0.4 is 5.73 Å². The van der Waals surface area contributed by atoms with Crippen molar-refractivity contribution in [2.24, 2.45) is 0 Å². The average molecular weight is 194 g/mol. The fourth-order valence-electron chi connectivity index (χ4n) is 1.10. The Labute approximate surface area is 82.9 Å². The van der Waals surface area contributed by atoms with Gasteiger partial charge in [-0.3, -0.25) is 4.79 Å². The fraction of sp³-hybridized carbons (Fsp3) is 0.444. The number of nitrogen functional groups attached to an aromatic ring is 1. The lowest BCUT2D eigenvalue weighted by atomic mass is 10.1. The maximum absolute atomic E-state index is 11.6. The first-order valence-corrected chi connectivity index (χ1v) is 4.32. The lowest BCUT2D eigenvalue weighted by Crippen LogP contribution is -2.27. The van der Waals surface area contributed by atoms with E-state index >= 15 is 0 Å². The smallest absolute Gasteiger partial charge is 0.230 e. The van der Waals surface area contributed by atoms with E-state index in [4.69, 9.17) is 5.73 Å². The highest BCUT2D eigenvalue weighted by molar-refractivity contribution is 5.82. The number of carbonyl (C=O) groups excluding carboxylic acids is 1. The number of nitrogens with zero attached hydrogens (tertiary/aromatic N) is 3. The van der Waals surface area contributed by atoms with Crippen LogP contribution in [0.5, 0.6) is 0 Å². The Bertz CT molecular complexity index is 320. The normalized spacial score (nSPS) is 12.2. The van der Waals surface area contributed by atoms with E-state index in [0.717, 1.165) is 0 Å². The molecule has 0 aromatic carbocycles. The van der Waals surface area contributed by atoms with E-state index in [1.807, 2.05) is 0 Å². The highest BCUT2D eigenvalue weighted by Crippen LogP contribution is 2.13. The van der Waals surface area contributed by atoms with E-state index in [-0.39, 0.29) is 11.8 Å². The van der Waals surface area contributed by atoms with Crippen LogP contribution in [0, 0.1) is 0 Å². The van der Waals surface area contributed by atoms with Gasteiger partial charge in [0.05, 0.1) is 11.6 Å². The zero-order valence-corrected chi connectivity index (χ0v) is 8.56. The number of hydrogen-bond donors (Lipinski definition) is 1. The maximum atomic E-state index is 11.6. The number of carbonyl (C=O) groups is 1. The summed E-state index contributed by atoms with van der Waals surface area (Å²) in [6.45, 7) is 1.79. The van der Waals surface area contributed by atoms with E-state index in [1.54, 1.807) is 33.2 Å². The topological polar surface area (TPSA) is 72.1 Å². The molecule has 1 heterocycles. The van der Waals surface area contributed by atoms with Crippen molar-refractivity contribution in [3.8, 4) is 0 Å². The molecule has 0 fully saturated rings. The molecule has 1 unspecified atom stereocenters. The molecule has 76 valence electrons. The van der Waals surface area contributed by atoms with Crippen LogP contribution in [0.25, 0.3) is 0 Å². The summed E-state index contributed by atoms with van der Waals surface area (Å²) < 4.78 is 0. The molecule has 2 N–H and O–H groups in total. The predicted molar refractivity (Wildman–Crippen MR) is 53.6 cm³/mol. The zero-order chi connectivity index (χ0) is 10.7. The Balaban J connectivity index is 2.84. The molecule has 1 aromatic rings. The summed E-state index contributed by atoms with van der Waals surface area (Å²) in [6, 6.07) is 3.36. The molecule has 1 atom stereocenters. The Morgan fingerprint density at radius 2 is 2.07 bits per heavy atom. The van der Waals surface area contributed by atoms with Crippen LogP contribution in [-0.4, -0.2) is 35.1 Å². The third-order valence-electron chi connectivity index (χ3n) is 1.96. The average Bonchev–Trinajstić information content (AvgIpc) is 2.16. The van der Waals surface area contributed by atoms with Gasteiger partial charge in [0.25, 0.3) is 0 Å². The second kappa shape index (κ2) is 4.04. The summed E-state index contributed by atoms with van der Waals surface area (Å²) in [5, 5.41) is 7.56. The first-order valence-electron chi connectivity index (χ1n) is 4.32. The van der Waals surface area contributed by atoms with Crippen molar-refractivity contribution in [2.45, 2.75) is 12.8 Å². The summed E-state index contributed by atoms with van der Waals surface area (Å²) >= 11 is 0. The van der Waals surface area contributed by atoms with E-state index in [9.17, 15) is 4.79 Å². The summed E-state index contributed by atoms with van der Waals surface area (Å²) in [5.41, 5.74) is 6.03. The fourth-order valence-corrected chi connectivity index (χ4v) is 1.10. The van der Waals surface area contributed by atoms with Gasteiger partial charge in [-0.15, -0.1) is 5.10 Å². The molecule has 0 bridgehead atoms. The van der Waals surface area contributed by atoms with Gasteiger partial charge in [-0.1, -0.05) is 0 Å². The van der Waals surface area contributed by atoms with Gasteiger partial charge in [0.1, 0.15) is 5.82 Å². The highest BCUT2D eigenvalue weighted by atomic mass is 16.2. The molecule has 0 radical (unpaired) electrons. The minimum atomic E-state index is -0.280. The second-order valence-corrected chi connectivity index (χ2v) is 3.34. The second-order valence-electron chi connectivity index (χ2n) is 3.34. The maximum Gasteiger partial charge on any atom is 0.230 e. The summed E-state index contributed by atoms with van der Waals surface area (Å²) in [6.07, 6.45) is 0. The van der Waals surface area contributed by atoms with Crippen LogP contribution in [0.4, 0.5) is 5.82 Å². The van der Waals surface area contributed by atoms with Crippen molar-refractivity contribution in [2.75, 3.05) is 19.8 Å². The molecule has 5 nitrogen and oxygen atoms in total. The van der Waals surface area contributed by atoms with Crippen LogP contribution in [0.15, 0.2) is 12.1 Å². The minimum Gasteiger partial charge on any atom is -0.382 e. The summed E-state index contributed by atoms with van der Waals surface area (Å²) in [7, 11) is 3.42. The van der Waals surface area contributed by atoms with E-state index in [2.05, 4.69) is 10.2 Å². The largest absolute Gasteiger partial charge is 0.382 e. The third-order valence-corrected chi connectivity index (χ3v) is 1.96. The molecule has 0 spiro atoms. The molecule has 0 aliphatic rings. The van der Waals surface area contributed by atoms with Crippen molar-refractivity contribution >= 4 is 11.7 Å². The number of hydrogen-bond acceptors (Lipinski definition) is 4. The van der Waals surface area contributed by atoms with E-state index in [1.165, 1.54) is 4.90 Å². The molecular formula is C9H14N4O. The molecule has 0 saturated heterocycles. The van der Waals surface area contributed by atoms with Crippen molar-refractivity contribution < 1.29 is 4.79 Å². The van der Waals surface area contributed by atoms with Crippen molar-refractivity contribution in [3.05, 3.63) is 17.8 Å². The molecular weight excluding hydrogens is 180 g/mol. The minimum absolute atomic E-state index is 0.00377.